The Morgan fingerprint density at radius 1 is 1.60 bits per heavy atom. The normalized spacial score (nSPS) is 16.8. The number of ketones is 1. The fourth-order valence-electron chi connectivity index (χ4n) is 1.68. The maximum atomic E-state index is 11.9. The predicted molar refractivity (Wildman–Crippen MR) is 65.6 cm³/mol. The minimum atomic E-state index is 0.228. The molecule has 2 rings (SSSR count). The number of aryl methyl sites for hydroxylation is 1. The van der Waals surface area contributed by atoms with E-state index in [-0.39, 0.29) is 5.78 Å². The molecular weight excluding hydrogens is 276 g/mol. The first-order valence-corrected chi connectivity index (χ1v) is 6.79. The number of fused-ring (bicyclic) bond motifs is 1. The van der Waals surface area contributed by atoms with Crippen LogP contribution in [0.5, 0.6) is 0 Å². The van der Waals surface area contributed by atoms with Gasteiger partial charge in [-0.1, -0.05) is 15.9 Å². The molecule has 1 aliphatic rings. The van der Waals surface area contributed by atoms with Gasteiger partial charge in [0.05, 0.1) is 11.4 Å². The van der Waals surface area contributed by atoms with Crippen LogP contribution in [-0.4, -0.2) is 33.1 Å². The molecule has 15 heavy (non-hydrogen) atoms. The van der Waals surface area contributed by atoms with Gasteiger partial charge in [0.1, 0.15) is 5.69 Å². The molecule has 0 aromatic carbocycles. The number of aromatic nitrogens is 1. The summed E-state index contributed by atoms with van der Waals surface area (Å²) in [6.07, 6.45) is 3.02. The van der Waals surface area contributed by atoms with Crippen molar-refractivity contribution in [2.45, 2.75) is 11.3 Å². The predicted octanol–water partition coefficient (Wildman–Crippen LogP) is 2.32. The van der Waals surface area contributed by atoms with E-state index in [1.54, 1.807) is 11.9 Å². The molecule has 0 saturated carbocycles. The highest BCUT2D eigenvalue weighted by Crippen LogP contribution is 2.32. The summed E-state index contributed by atoms with van der Waals surface area (Å²) in [5.74, 6) is 0.228. The molecular formula is C10H13BrN2OS. The van der Waals surface area contributed by atoms with Crippen LogP contribution in [0.3, 0.4) is 0 Å². The van der Waals surface area contributed by atoms with Gasteiger partial charge in [-0.25, -0.2) is 4.31 Å². The van der Waals surface area contributed by atoms with Crippen molar-refractivity contribution in [3.05, 3.63) is 18.0 Å². The fourth-order valence-corrected chi connectivity index (χ4v) is 3.08. The van der Waals surface area contributed by atoms with Gasteiger partial charge >= 0.3 is 0 Å². The Kier molecular flexibility index (Phi) is 3.53. The molecule has 0 N–H and O–H groups in total. The van der Waals surface area contributed by atoms with Gasteiger partial charge in [0.25, 0.3) is 0 Å². The van der Waals surface area contributed by atoms with Crippen molar-refractivity contribution in [1.29, 1.82) is 0 Å². The smallest absolute Gasteiger partial charge is 0.195 e. The second-order valence-corrected chi connectivity index (χ2v) is 5.49. The summed E-state index contributed by atoms with van der Waals surface area (Å²) >= 11 is 5.09. The molecule has 0 amide bonds. The van der Waals surface area contributed by atoms with Gasteiger partial charge in [0.2, 0.25) is 0 Å². The van der Waals surface area contributed by atoms with Crippen LogP contribution < -0.4 is 0 Å². The Morgan fingerprint density at radius 3 is 3.13 bits per heavy atom. The highest BCUT2D eigenvalue weighted by atomic mass is 79.9. The number of Topliss-reactive ketones (excluding diaryl/α,β-unsaturated/α-hetero) is 1. The Hall–Kier alpha value is -0.260. The lowest BCUT2D eigenvalue weighted by Crippen LogP contribution is -2.30. The summed E-state index contributed by atoms with van der Waals surface area (Å²) in [5, 5.41) is 0.986. The number of alkyl halides is 1. The molecule has 0 aliphatic carbocycles. The summed E-state index contributed by atoms with van der Waals surface area (Å²) in [5.41, 5.74) is 0.857. The number of halogens is 1. The zero-order valence-corrected chi connectivity index (χ0v) is 11.0. The molecule has 3 nitrogen and oxygen atoms in total. The third kappa shape index (κ3) is 2.29. The molecule has 0 spiro atoms. The zero-order chi connectivity index (χ0) is 10.8. The van der Waals surface area contributed by atoms with E-state index in [1.807, 2.05) is 23.9 Å². The largest absolute Gasteiger partial charge is 0.347 e. The van der Waals surface area contributed by atoms with Gasteiger partial charge in [-0.05, 0) is 24.4 Å². The van der Waals surface area contributed by atoms with Gasteiger partial charge < -0.3 is 4.57 Å². The van der Waals surface area contributed by atoms with Crippen LogP contribution in [0, 0.1) is 0 Å². The number of nitrogens with zero attached hydrogens (tertiary/aromatic N) is 2. The van der Waals surface area contributed by atoms with E-state index in [0.717, 1.165) is 28.9 Å². The second kappa shape index (κ2) is 4.72. The molecule has 0 fully saturated rings. The Morgan fingerprint density at radius 2 is 2.40 bits per heavy atom. The van der Waals surface area contributed by atoms with Crippen molar-refractivity contribution in [2.24, 2.45) is 7.05 Å². The maximum absolute atomic E-state index is 11.9. The average molecular weight is 289 g/mol. The van der Waals surface area contributed by atoms with E-state index in [9.17, 15) is 4.79 Å². The van der Waals surface area contributed by atoms with Crippen molar-refractivity contribution in [2.75, 3.05) is 18.4 Å². The minimum absolute atomic E-state index is 0.228. The van der Waals surface area contributed by atoms with Gasteiger partial charge in [-0.15, -0.1) is 0 Å². The van der Waals surface area contributed by atoms with Crippen molar-refractivity contribution in [3.8, 4) is 0 Å². The van der Waals surface area contributed by atoms with E-state index in [2.05, 4.69) is 20.2 Å². The van der Waals surface area contributed by atoms with E-state index >= 15 is 0 Å². The highest BCUT2D eigenvalue weighted by Gasteiger charge is 2.25. The van der Waals surface area contributed by atoms with Crippen LogP contribution >= 0.6 is 27.9 Å². The molecule has 0 bridgehead atoms. The number of carbonyl (C=O) groups excluding carboxylic acids is 1. The first-order valence-electron chi connectivity index (χ1n) is 4.90. The molecule has 1 aromatic heterocycles. The molecule has 0 saturated heterocycles. The van der Waals surface area contributed by atoms with E-state index < -0.39 is 0 Å². The first kappa shape index (κ1) is 11.2. The molecule has 1 aromatic rings. The van der Waals surface area contributed by atoms with E-state index in [4.69, 9.17) is 0 Å². The summed E-state index contributed by atoms with van der Waals surface area (Å²) in [4.78, 5) is 12.9. The highest BCUT2D eigenvalue weighted by molar-refractivity contribution is 9.09. The van der Waals surface area contributed by atoms with Crippen molar-refractivity contribution >= 4 is 33.7 Å². The minimum Gasteiger partial charge on any atom is -0.347 e. The van der Waals surface area contributed by atoms with Crippen LogP contribution in [0.2, 0.25) is 0 Å². The zero-order valence-electron chi connectivity index (χ0n) is 8.57. The molecule has 1 aliphatic heterocycles. The quantitative estimate of drug-likeness (QED) is 0.630. The molecule has 0 unspecified atom stereocenters. The van der Waals surface area contributed by atoms with Crippen molar-refractivity contribution in [1.82, 2.24) is 8.87 Å². The topological polar surface area (TPSA) is 25.2 Å². The fraction of sp³-hybridized carbons (Fsp3) is 0.500. The summed E-state index contributed by atoms with van der Waals surface area (Å²) in [6, 6.07) is 2.01. The van der Waals surface area contributed by atoms with E-state index in [0.29, 0.717) is 6.54 Å². The molecule has 0 radical (unpaired) electrons. The van der Waals surface area contributed by atoms with Crippen molar-refractivity contribution < 1.29 is 4.79 Å². The standard InChI is InChI=1S/C10H13BrN2OS/c1-12-6-3-9-10(12)8(14)7-13(15-9)5-2-4-11/h3,6H,2,4-5,7H2,1H3. The van der Waals surface area contributed by atoms with Gasteiger partial charge in [0.15, 0.2) is 5.78 Å². The third-order valence-electron chi connectivity index (χ3n) is 2.39. The monoisotopic (exact) mass is 288 g/mol. The number of hydrogen-bond donors (Lipinski definition) is 0. The summed E-state index contributed by atoms with van der Waals surface area (Å²) in [7, 11) is 1.92. The van der Waals surface area contributed by atoms with Crippen molar-refractivity contribution in [3.63, 3.8) is 0 Å². The molecule has 82 valence electrons. The number of hydrogen-bond acceptors (Lipinski definition) is 3. The summed E-state index contributed by atoms with van der Waals surface area (Å²) in [6.45, 7) is 1.48. The van der Waals surface area contributed by atoms with Crippen LogP contribution in [0.25, 0.3) is 0 Å². The molecule has 0 atom stereocenters. The van der Waals surface area contributed by atoms with Crippen LogP contribution in [0.1, 0.15) is 16.9 Å². The Balaban J connectivity index is 2.13. The van der Waals surface area contributed by atoms with Crippen LogP contribution in [0.4, 0.5) is 0 Å². The Labute approximate surface area is 102 Å². The van der Waals surface area contributed by atoms with Gasteiger partial charge in [-0.2, -0.15) is 0 Å². The number of carbonyl (C=O) groups is 1. The Bertz CT molecular complexity index is 377. The van der Waals surface area contributed by atoms with Gasteiger partial charge in [0, 0.05) is 25.1 Å². The van der Waals surface area contributed by atoms with Crippen LogP contribution in [0.15, 0.2) is 17.2 Å². The summed E-state index contributed by atoms with van der Waals surface area (Å²) < 4.78 is 4.04. The SMILES string of the molecule is Cn1ccc2c1C(=O)CN(CCCBr)S2. The average Bonchev–Trinajstić information content (AvgIpc) is 2.58. The number of rotatable bonds is 3. The second-order valence-electron chi connectivity index (χ2n) is 3.56. The van der Waals surface area contributed by atoms with Crippen LogP contribution in [-0.2, 0) is 7.05 Å². The lowest BCUT2D eigenvalue weighted by Gasteiger charge is -2.24. The molecule has 2 heterocycles. The molecule has 5 heteroatoms. The lowest BCUT2D eigenvalue weighted by atomic mass is 10.2. The van der Waals surface area contributed by atoms with Gasteiger partial charge in [-0.3, -0.25) is 4.79 Å². The third-order valence-corrected chi connectivity index (χ3v) is 4.05. The lowest BCUT2D eigenvalue weighted by molar-refractivity contribution is 0.0954. The van der Waals surface area contributed by atoms with E-state index in [1.165, 1.54) is 0 Å². The maximum Gasteiger partial charge on any atom is 0.195 e. The first-order chi connectivity index (χ1) is 7.22.